The summed E-state index contributed by atoms with van der Waals surface area (Å²) < 4.78 is 7.63. The van der Waals surface area contributed by atoms with E-state index in [1.165, 1.54) is 0 Å². The van der Waals surface area contributed by atoms with Gasteiger partial charge in [-0.15, -0.1) is 0 Å². The number of nitrogens with zero attached hydrogens (tertiary/aromatic N) is 2. The SMILES string of the molecule is CCCCOC(=O)C1=C(C)Nc2nc3ccccc3n2[C@H]1c1ccc(Cl)cc1. The highest BCUT2D eigenvalue weighted by atomic mass is 35.5. The number of benzene rings is 2. The van der Waals surface area contributed by atoms with Gasteiger partial charge in [-0.1, -0.05) is 49.2 Å². The van der Waals surface area contributed by atoms with Crippen molar-refractivity contribution in [3.8, 4) is 0 Å². The molecular weight excluding hydrogens is 374 g/mol. The Morgan fingerprint density at radius 2 is 1.96 bits per heavy atom. The average molecular weight is 396 g/mol. The molecule has 3 aromatic rings. The first-order valence-electron chi connectivity index (χ1n) is 9.47. The molecule has 0 radical (unpaired) electrons. The molecule has 0 unspecified atom stereocenters. The van der Waals surface area contributed by atoms with Crippen LogP contribution in [0.4, 0.5) is 5.95 Å². The molecule has 0 amide bonds. The maximum atomic E-state index is 13.0. The van der Waals surface area contributed by atoms with Crippen LogP contribution in [0.3, 0.4) is 0 Å². The lowest BCUT2D eigenvalue weighted by Gasteiger charge is -2.30. The van der Waals surface area contributed by atoms with Crippen molar-refractivity contribution in [2.75, 3.05) is 11.9 Å². The quantitative estimate of drug-likeness (QED) is 0.469. The minimum absolute atomic E-state index is 0.304. The summed E-state index contributed by atoms with van der Waals surface area (Å²) in [5, 5.41) is 3.94. The zero-order valence-corrected chi connectivity index (χ0v) is 16.7. The number of hydrogen-bond donors (Lipinski definition) is 1. The van der Waals surface area contributed by atoms with E-state index in [0.717, 1.165) is 35.1 Å². The van der Waals surface area contributed by atoms with Crippen LogP contribution < -0.4 is 5.32 Å². The molecule has 2 heterocycles. The van der Waals surface area contributed by atoms with Crippen LogP contribution in [-0.4, -0.2) is 22.1 Å². The van der Waals surface area contributed by atoms with Crippen molar-refractivity contribution in [1.82, 2.24) is 9.55 Å². The minimum Gasteiger partial charge on any atom is -0.462 e. The first kappa shape index (κ1) is 18.6. The lowest BCUT2D eigenvalue weighted by Crippen LogP contribution is -2.29. The number of fused-ring (bicyclic) bond motifs is 3. The van der Waals surface area contributed by atoms with Crippen LogP contribution in [0.1, 0.15) is 38.3 Å². The smallest absolute Gasteiger partial charge is 0.338 e. The molecule has 1 aliphatic heterocycles. The molecule has 0 bridgehead atoms. The van der Waals surface area contributed by atoms with Gasteiger partial charge in [-0.25, -0.2) is 9.78 Å². The number of carbonyl (C=O) groups excluding carboxylic acids is 1. The summed E-state index contributed by atoms with van der Waals surface area (Å²) in [6.45, 7) is 4.38. The van der Waals surface area contributed by atoms with E-state index in [2.05, 4.69) is 16.8 Å². The topological polar surface area (TPSA) is 56.1 Å². The molecule has 144 valence electrons. The van der Waals surface area contributed by atoms with Crippen molar-refractivity contribution < 1.29 is 9.53 Å². The Balaban J connectivity index is 1.86. The summed E-state index contributed by atoms with van der Waals surface area (Å²) in [6.07, 6.45) is 1.82. The summed E-state index contributed by atoms with van der Waals surface area (Å²) >= 11 is 6.10. The Hall–Kier alpha value is -2.79. The molecule has 0 aliphatic carbocycles. The fourth-order valence-electron chi connectivity index (χ4n) is 3.58. The number of hydrogen-bond acceptors (Lipinski definition) is 4. The van der Waals surface area contributed by atoms with Gasteiger partial charge in [-0.3, -0.25) is 4.57 Å². The molecular formula is C22H22ClN3O2. The van der Waals surface area contributed by atoms with Gasteiger partial charge in [-0.2, -0.15) is 0 Å². The zero-order chi connectivity index (χ0) is 19.7. The highest BCUT2D eigenvalue weighted by Crippen LogP contribution is 2.39. The third-order valence-electron chi connectivity index (χ3n) is 4.97. The highest BCUT2D eigenvalue weighted by molar-refractivity contribution is 6.30. The van der Waals surface area contributed by atoms with Crippen LogP contribution in [0.15, 0.2) is 59.8 Å². The molecule has 0 spiro atoms. The van der Waals surface area contributed by atoms with E-state index < -0.39 is 0 Å². The van der Waals surface area contributed by atoms with Gasteiger partial charge in [0.05, 0.1) is 29.3 Å². The standard InChI is InChI=1S/C22H22ClN3O2/c1-3-4-13-28-21(27)19-14(2)24-22-25-17-7-5-6-8-18(17)26(22)20(19)15-9-11-16(23)12-10-15/h5-12,20H,3-4,13H2,1-2H3,(H,24,25)/t20-/m0/s1. The van der Waals surface area contributed by atoms with Crippen molar-refractivity contribution in [1.29, 1.82) is 0 Å². The number of unbranched alkanes of at least 4 members (excludes halogenated alkanes) is 1. The van der Waals surface area contributed by atoms with E-state index in [4.69, 9.17) is 21.3 Å². The van der Waals surface area contributed by atoms with E-state index in [1.54, 1.807) is 0 Å². The predicted molar refractivity (Wildman–Crippen MR) is 112 cm³/mol. The molecule has 6 heteroatoms. The molecule has 1 aromatic heterocycles. The number of para-hydroxylation sites is 2. The predicted octanol–water partition coefficient (Wildman–Crippen LogP) is 5.32. The lowest BCUT2D eigenvalue weighted by molar-refractivity contribution is -0.139. The highest BCUT2D eigenvalue weighted by Gasteiger charge is 2.34. The molecule has 28 heavy (non-hydrogen) atoms. The molecule has 4 rings (SSSR count). The number of esters is 1. The maximum absolute atomic E-state index is 13.0. The number of anilines is 1. The van der Waals surface area contributed by atoms with Crippen molar-refractivity contribution >= 4 is 34.6 Å². The van der Waals surface area contributed by atoms with Gasteiger partial charge < -0.3 is 10.1 Å². The largest absolute Gasteiger partial charge is 0.462 e. The number of halogens is 1. The fourth-order valence-corrected chi connectivity index (χ4v) is 3.70. The van der Waals surface area contributed by atoms with Gasteiger partial charge in [0.2, 0.25) is 5.95 Å². The molecule has 5 nitrogen and oxygen atoms in total. The third kappa shape index (κ3) is 3.27. The van der Waals surface area contributed by atoms with Crippen LogP contribution in [-0.2, 0) is 9.53 Å². The van der Waals surface area contributed by atoms with Crippen molar-refractivity contribution in [2.24, 2.45) is 0 Å². The Kier molecular flexibility index (Phi) is 5.09. The zero-order valence-electron chi connectivity index (χ0n) is 15.9. The second-order valence-electron chi connectivity index (χ2n) is 6.90. The van der Waals surface area contributed by atoms with Crippen LogP contribution in [0.25, 0.3) is 11.0 Å². The fraction of sp³-hybridized carbons (Fsp3) is 0.273. The van der Waals surface area contributed by atoms with Crippen molar-refractivity contribution in [3.63, 3.8) is 0 Å². The van der Waals surface area contributed by atoms with E-state index in [0.29, 0.717) is 23.2 Å². The Morgan fingerprint density at radius 1 is 1.21 bits per heavy atom. The first-order chi connectivity index (χ1) is 13.6. The molecule has 0 saturated heterocycles. The number of ether oxygens (including phenoxy) is 1. The third-order valence-corrected chi connectivity index (χ3v) is 5.22. The second kappa shape index (κ2) is 7.68. The first-order valence-corrected chi connectivity index (χ1v) is 9.85. The van der Waals surface area contributed by atoms with E-state index >= 15 is 0 Å². The Labute approximate surface area is 169 Å². The minimum atomic E-state index is -0.338. The summed E-state index contributed by atoms with van der Waals surface area (Å²) in [5.74, 6) is 0.408. The van der Waals surface area contributed by atoms with Crippen LogP contribution in [0, 0.1) is 0 Å². The van der Waals surface area contributed by atoms with E-state index in [1.807, 2.05) is 55.5 Å². The summed E-state index contributed by atoms with van der Waals surface area (Å²) in [5.41, 5.74) is 4.13. The van der Waals surface area contributed by atoms with Gasteiger partial charge in [0.15, 0.2) is 0 Å². The van der Waals surface area contributed by atoms with Gasteiger partial charge >= 0.3 is 5.97 Å². The van der Waals surface area contributed by atoms with Gasteiger partial charge in [0, 0.05) is 10.7 Å². The van der Waals surface area contributed by atoms with Crippen molar-refractivity contribution in [2.45, 2.75) is 32.7 Å². The molecule has 1 aliphatic rings. The van der Waals surface area contributed by atoms with E-state index in [9.17, 15) is 4.79 Å². The lowest BCUT2D eigenvalue weighted by atomic mass is 9.95. The van der Waals surface area contributed by atoms with E-state index in [-0.39, 0.29) is 12.0 Å². The normalized spacial score (nSPS) is 16.0. The number of carbonyl (C=O) groups is 1. The second-order valence-corrected chi connectivity index (χ2v) is 7.34. The number of rotatable bonds is 5. The monoisotopic (exact) mass is 395 g/mol. The number of allylic oxidation sites excluding steroid dienone is 1. The van der Waals surface area contributed by atoms with Crippen LogP contribution >= 0.6 is 11.6 Å². The average Bonchev–Trinajstić information content (AvgIpc) is 3.05. The number of aromatic nitrogens is 2. The van der Waals surface area contributed by atoms with Gasteiger partial charge in [0.25, 0.3) is 0 Å². The van der Waals surface area contributed by atoms with Crippen LogP contribution in [0.5, 0.6) is 0 Å². The number of nitrogens with one attached hydrogen (secondary N) is 1. The Morgan fingerprint density at radius 3 is 2.71 bits per heavy atom. The van der Waals surface area contributed by atoms with Gasteiger partial charge in [0.1, 0.15) is 0 Å². The van der Waals surface area contributed by atoms with Gasteiger partial charge in [-0.05, 0) is 43.2 Å². The molecule has 0 saturated carbocycles. The molecule has 1 atom stereocenters. The molecule has 0 fully saturated rings. The molecule has 1 N–H and O–H groups in total. The summed E-state index contributed by atoms with van der Waals surface area (Å²) in [4.78, 5) is 17.7. The number of imidazole rings is 1. The summed E-state index contributed by atoms with van der Waals surface area (Å²) in [6, 6.07) is 15.1. The summed E-state index contributed by atoms with van der Waals surface area (Å²) in [7, 11) is 0. The maximum Gasteiger partial charge on any atom is 0.338 e. The Bertz CT molecular complexity index is 1050. The van der Waals surface area contributed by atoms with Crippen LogP contribution in [0.2, 0.25) is 5.02 Å². The molecule has 2 aromatic carbocycles. The van der Waals surface area contributed by atoms with Crippen molar-refractivity contribution in [3.05, 3.63) is 70.4 Å².